The van der Waals surface area contributed by atoms with Crippen LogP contribution in [0.15, 0.2) is 54.6 Å². The number of nitrogens with zero attached hydrogens (tertiary/aromatic N) is 1. The van der Waals surface area contributed by atoms with Gasteiger partial charge in [0.15, 0.2) is 0 Å². The Balaban J connectivity index is 1.70. The molecule has 2 aliphatic rings. The number of hydrogen-bond acceptors (Lipinski definition) is 1. The molecule has 2 aromatic carbocycles. The second-order valence-electron chi connectivity index (χ2n) is 7.38. The fourth-order valence-electron chi connectivity index (χ4n) is 4.44. The van der Waals surface area contributed by atoms with Crippen LogP contribution in [0, 0.1) is 5.92 Å². The molecule has 0 spiro atoms. The number of halogens is 2. The van der Waals surface area contributed by atoms with Crippen LogP contribution < -0.4 is 0 Å². The number of rotatable bonds is 3. The Kier molecular flexibility index (Phi) is 4.90. The lowest BCUT2D eigenvalue weighted by Gasteiger charge is -2.35. The molecule has 0 radical (unpaired) electrons. The highest BCUT2D eigenvalue weighted by Gasteiger charge is 2.37. The second-order valence-corrected chi connectivity index (χ2v) is 8.25. The molecule has 1 nitrogen and oxygen atoms in total. The number of hydrogen-bond donors (Lipinski definition) is 0. The first-order valence-electron chi connectivity index (χ1n) is 9.06. The summed E-state index contributed by atoms with van der Waals surface area (Å²) >= 11 is 12.2. The molecule has 2 aliphatic heterocycles. The van der Waals surface area contributed by atoms with Crippen molar-refractivity contribution in [1.29, 1.82) is 0 Å². The molecule has 2 heterocycles. The molecule has 130 valence electrons. The molecule has 2 fully saturated rings. The normalized spacial score (nSPS) is 25.8. The average Bonchev–Trinajstić information content (AvgIpc) is 2.83. The van der Waals surface area contributed by atoms with Gasteiger partial charge in [0.2, 0.25) is 0 Å². The lowest BCUT2D eigenvalue weighted by atomic mass is 9.86. The van der Waals surface area contributed by atoms with Gasteiger partial charge in [-0.25, -0.2) is 0 Å². The van der Waals surface area contributed by atoms with E-state index in [0.717, 1.165) is 22.1 Å². The third kappa shape index (κ3) is 3.65. The predicted octanol–water partition coefficient (Wildman–Crippen LogP) is 6.30. The molecule has 25 heavy (non-hydrogen) atoms. The van der Waals surface area contributed by atoms with Crippen LogP contribution >= 0.6 is 23.2 Å². The summed E-state index contributed by atoms with van der Waals surface area (Å²) in [5.74, 6) is 0.634. The fraction of sp³-hybridized carbons (Fsp3) is 0.364. The molecule has 2 bridgehead atoms. The standard InChI is InChI=1S/C22H23Cl2N/c1-25-20-10-11-21(25)13-15(12-20)14-22(16-2-6-18(23)7-3-16)17-4-8-19(24)9-5-17/h2-9,14-15,20-21H,10-13H2,1H3. The summed E-state index contributed by atoms with van der Waals surface area (Å²) in [6, 6.07) is 17.8. The molecular weight excluding hydrogens is 349 g/mol. The summed E-state index contributed by atoms with van der Waals surface area (Å²) in [5.41, 5.74) is 3.73. The summed E-state index contributed by atoms with van der Waals surface area (Å²) in [7, 11) is 2.29. The van der Waals surface area contributed by atoms with Crippen LogP contribution in [-0.4, -0.2) is 24.0 Å². The Labute approximate surface area is 160 Å². The molecule has 0 amide bonds. The minimum atomic E-state index is 0.634. The van der Waals surface area contributed by atoms with Crippen LogP contribution in [0.4, 0.5) is 0 Å². The molecule has 0 N–H and O–H groups in total. The molecule has 3 heteroatoms. The van der Waals surface area contributed by atoms with Gasteiger partial charge in [-0.2, -0.15) is 0 Å². The van der Waals surface area contributed by atoms with Crippen LogP contribution in [0.3, 0.4) is 0 Å². The zero-order valence-electron chi connectivity index (χ0n) is 14.5. The van der Waals surface area contributed by atoms with Gasteiger partial charge in [-0.3, -0.25) is 0 Å². The van der Waals surface area contributed by atoms with E-state index in [1.807, 2.05) is 24.3 Å². The molecular formula is C22H23Cl2N. The Morgan fingerprint density at radius 2 is 1.28 bits per heavy atom. The van der Waals surface area contributed by atoms with Crippen molar-refractivity contribution in [3.05, 3.63) is 75.8 Å². The van der Waals surface area contributed by atoms with Crippen molar-refractivity contribution < 1.29 is 0 Å². The number of fused-ring (bicyclic) bond motifs is 2. The van der Waals surface area contributed by atoms with Gasteiger partial charge in [0.05, 0.1) is 0 Å². The molecule has 2 unspecified atom stereocenters. The van der Waals surface area contributed by atoms with Gasteiger partial charge in [-0.1, -0.05) is 53.5 Å². The van der Waals surface area contributed by atoms with Crippen LogP contribution in [-0.2, 0) is 0 Å². The highest BCUT2D eigenvalue weighted by atomic mass is 35.5. The maximum Gasteiger partial charge on any atom is 0.0406 e. The van der Waals surface area contributed by atoms with Crippen molar-refractivity contribution in [3.8, 4) is 0 Å². The van der Waals surface area contributed by atoms with Crippen LogP contribution in [0.5, 0.6) is 0 Å². The molecule has 0 saturated carbocycles. The van der Waals surface area contributed by atoms with E-state index in [1.54, 1.807) is 0 Å². The zero-order chi connectivity index (χ0) is 17.4. The zero-order valence-corrected chi connectivity index (χ0v) is 16.0. The number of allylic oxidation sites excluding steroid dienone is 1. The quantitative estimate of drug-likeness (QED) is 0.611. The van der Waals surface area contributed by atoms with Gasteiger partial charge in [0.1, 0.15) is 0 Å². The van der Waals surface area contributed by atoms with Gasteiger partial charge < -0.3 is 4.90 Å². The Morgan fingerprint density at radius 1 is 0.840 bits per heavy atom. The second kappa shape index (κ2) is 7.15. The third-order valence-electron chi connectivity index (χ3n) is 5.85. The summed E-state index contributed by atoms with van der Waals surface area (Å²) in [6.07, 6.45) is 7.71. The fourth-order valence-corrected chi connectivity index (χ4v) is 4.70. The highest BCUT2D eigenvalue weighted by molar-refractivity contribution is 6.31. The minimum Gasteiger partial charge on any atom is -0.300 e. The largest absolute Gasteiger partial charge is 0.300 e. The van der Waals surface area contributed by atoms with Crippen molar-refractivity contribution in [2.24, 2.45) is 5.92 Å². The summed E-state index contributed by atoms with van der Waals surface area (Å²) in [6.45, 7) is 0. The van der Waals surface area contributed by atoms with Crippen LogP contribution in [0.25, 0.3) is 5.57 Å². The number of benzene rings is 2. The molecule has 0 aliphatic carbocycles. The van der Waals surface area contributed by atoms with Gasteiger partial charge in [-0.15, -0.1) is 0 Å². The SMILES string of the molecule is CN1C2CCC1CC(C=C(c1ccc(Cl)cc1)c1ccc(Cl)cc1)C2. The summed E-state index contributed by atoms with van der Waals surface area (Å²) < 4.78 is 0. The molecule has 2 atom stereocenters. The van der Waals surface area contributed by atoms with E-state index in [-0.39, 0.29) is 0 Å². The molecule has 4 rings (SSSR count). The molecule has 2 aromatic rings. The van der Waals surface area contributed by atoms with Crippen molar-refractivity contribution in [1.82, 2.24) is 4.90 Å². The van der Waals surface area contributed by atoms with E-state index >= 15 is 0 Å². The Morgan fingerprint density at radius 3 is 1.72 bits per heavy atom. The molecule has 0 aromatic heterocycles. The van der Waals surface area contributed by atoms with E-state index in [1.165, 1.54) is 42.4 Å². The number of piperidine rings is 1. The van der Waals surface area contributed by atoms with Gasteiger partial charge in [0, 0.05) is 22.1 Å². The smallest absolute Gasteiger partial charge is 0.0406 e. The Bertz CT molecular complexity index is 702. The summed E-state index contributed by atoms with van der Waals surface area (Å²) in [4.78, 5) is 2.59. The lowest BCUT2D eigenvalue weighted by molar-refractivity contribution is 0.152. The van der Waals surface area contributed by atoms with E-state index in [2.05, 4.69) is 42.3 Å². The first-order chi connectivity index (χ1) is 12.1. The van der Waals surface area contributed by atoms with Crippen LogP contribution in [0.2, 0.25) is 10.0 Å². The third-order valence-corrected chi connectivity index (χ3v) is 6.35. The van der Waals surface area contributed by atoms with Crippen molar-refractivity contribution >= 4 is 28.8 Å². The minimum absolute atomic E-state index is 0.634. The van der Waals surface area contributed by atoms with E-state index < -0.39 is 0 Å². The monoisotopic (exact) mass is 371 g/mol. The Hall–Kier alpha value is -1.28. The predicted molar refractivity (Wildman–Crippen MR) is 107 cm³/mol. The van der Waals surface area contributed by atoms with Gasteiger partial charge >= 0.3 is 0 Å². The maximum absolute atomic E-state index is 6.10. The van der Waals surface area contributed by atoms with Gasteiger partial charge in [0.25, 0.3) is 0 Å². The van der Waals surface area contributed by atoms with E-state index in [4.69, 9.17) is 23.2 Å². The first-order valence-corrected chi connectivity index (χ1v) is 9.81. The molecule has 2 saturated heterocycles. The average molecular weight is 372 g/mol. The van der Waals surface area contributed by atoms with Gasteiger partial charge in [-0.05, 0) is 79.6 Å². The maximum atomic E-state index is 6.10. The van der Waals surface area contributed by atoms with E-state index in [9.17, 15) is 0 Å². The van der Waals surface area contributed by atoms with Crippen molar-refractivity contribution in [3.63, 3.8) is 0 Å². The highest BCUT2D eigenvalue weighted by Crippen LogP contribution is 2.39. The van der Waals surface area contributed by atoms with Crippen molar-refractivity contribution in [2.75, 3.05) is 7.05 Å². The van der Waals surface area contributed by atoms with Crippen LogP contribution in [0.1, 0.15) is 36.8 Å². The first kappa shape index (κ1) is 17.1. The lowest BCUT2D eigenvalue weighted by Crippen LogP contribution is -2.39. The van der Waals surface area contributed by atoms with E-state index in [0.29, 0.717) is 5.92 Å². The summed E-state index contributed by atoms with van der Waals surface area (Å²) in [5, 5.41) is 1.55. The topological polar surface area (TPSA) is 3.24 Å². The van der Waals surface area contributed by atoms with Crippen molar-refractivity contribution in [2.45, 2.75) is 37.8 Å².